The highest BCUT2D eigenvalue weighted by atomic mass is 32.1. The average Bonchev–Trinajstić information content (AvgIpc) is 2.65. The number of nitrogens with one attached hydrogen (secondary N) is 1. The van der Waals surface area contributed by atoms with E-state index in [0.29, 0.717) is 0 Å². The van der Waals surface area contributed by atoms with Crippen LogP contribution in [0.1, 0.15) is 19.3 Å². The Balaban J connectivity index is 2.39. The van der Waals surface area contributed by atoms with E-state index in [1.54, 1.807) is 0 Å². The van der Waals surface area contributed by atoms with E-state index in [-0.39, 0.29) is 29.4 Å². The fourth-order valence-electron chi connectivity index (χ4n) is 0.990. The third kappa shape index (κ3) is 4.55. The third-order valence-corrected chi connectivity index (χ3v) is 2.58. The molecule has 0 aromatic carbocycles. The highest BCUT2D eigenvalue weighted by molar-refractivity contribution is 7.18. The Morgan fingerprint density at radius 3 is 2.76 bits per heavy atom. The molecule has 0 saturated carbocycles. The van der Waals surface area contributed by atoms with Crippen LogP contribution in [0.4, 0.5) is 10.1 Å². The smallest absolute Gasteiger partial charge is 0.345 e. The molecule has 0 radical (unpaired) electrons. The van der Waals surface area contributed by atoms with E-state index in [0.717, 1.165) is 17.5 Å². The number of amides is 1. The lowest BCUT2D eigenvalue weighted by Gasteiger charge is -1.99. The number of nitrogens with zero attached hydrogens (tertiary/aromatic N) is 2. The molecule has 17 heavy (non-hydrogen) atoms. The van der Waals surface area contributed by atoms with Crippen molar-refractivity contribution in [3.05, 3.63) is 16.3 Å². The van der Waals surface area contributed by atoms with Crippen LogP contribution in [0, 0.1) is 10.1 Å². The second-order valence-electron chi connectivity index (χ2n) is 3.06. The quantitative estimate of drug-likeness (QED) is 0.585. The molecule has 1 heterocycles. The molecule has 8 nitrogen and oxygen atoms in total. The second-order valence-corrected chi connectivity index (χ2v) is 4.07. The van der Waals surface area contributed by atoms with Gasteiger partial charge in [-0.05, 0) is 17.8 Å². The van der Waals surface area contributed by atoms with Gasteiger partial charge in [-0.15, -0.1) is 0 Å². The minimum Gasteiger partial charge on any atom is -0.481 e. The fraction of sp³-hybridized carbons (Fsp3) is 0.375. The van der Waals surface area contributed by atoms with Crippen molar-refractivity contribution in [2.24, 2.45) is 0 Å². The van der Waals surface area contributed by atoms with E-state index < -0.39 is 16.8 Å². The van der Waals surface area contributed by atoms with Crippen molar-refractivity contribution in [2.45, 2.75) is 19.3 Å². The van der Waals surface area contributed by atoms with Gasteiger partial charge in [0.1, 0.15) is 6.20 Å². The first-order chi connectivity index (χ1) is 7.99. The summed E-state index contributed by atoms with van der Waals surface area (Å²) in [7, 11) is 0. The third-order valence-electron chi connectivity index (χ3n) is 1.71. The summed E-state index contributed by atoms with van der Waals surface area (Å²) in [6, 6.07) is 0. The van der Waals surface area contributed by atoms with Crippen molar-refractivity contribution in [3.8, 4) is 0 Å². The predicted molar refractivity (Wildman–Crippen MR) is 58.9 cm³/mol. The van der Waals surface area contributed by atoms with Gasteiger partial charge >= 0.3 is 11.0 Å². The number of carboxylic acid groups (broad SMARTS) is 1. The molecule has 1 rings (SSSR count). The number of hydrogen-bond acceptors (Lipinski definition) is 6. The number of carbonyl (C=O) groups excluding carboxylic acids is 1. The Bertz CT molecular complexity index is 444. The van der Waals surface area contributed by atoms with E-state index in [1.165, 1.54) is 0 Å². The van der Waals surface area contributed by atoms with E-state index >= 15 is 0 Å². The Hall–Kier alpha value is -2.03. The number of hydrogen-bond donors (Lipinski definition) is 2. The van der Waals surface area contributed by atoms with Gasteiger partial charge in [0, 0.05) is 12.8 Å². The van der Waals surface area contributed by atoms with Gasteiger partial charge in [0.15, 0.2) is 5.13 Å². The van der Waals surface area contributed by atoms with Crippen molar-refractivity contribution in [1.82, 2.24) is 4.98 Å². The molecule has 0 unspecified atom stereocenters. The molecule has 9 heteroatoms. The van der Waals surface area contributed by atoms with Gasteiger partial charge in [0.2, 0.25) is 5.91 Å². The molecule has 1 aromatic rings. The molecule has 92 valence electrons. The van der Waals surface area contributed by atoms with Gasteiger partial charge in [0.05, 0.1) is 4.92 Å². The maximum absolute atomic E-state index is 11.3. The summed E-state index contributed by atoms with van der Waals surface area (Å²) in [4.78, 5) is 34.9. The second kappa shape index (κ2) is 5.89. The number of thiazole rings is 1. The molecule has 0 aliphatic rings. The molecular formula is C8H9N3O5S. The SMILES string of the molecule is O=C(O)CCCC(=O)Nc1ncc([N+](=O)[O-])s1. The number of aromatic nitrogens is 1. The summed E-state index contributed by atoms with van der Waals surface area (Å²) >= 11 is 0.751. The lowest BCUT2D eigenvalue weighted by atomic mass is 10.2. The molecule has 1 aromatic heterocycles. The number of carbonyl (C=O) groups is 2. The highest BCUT2D eigenvalue weighted by Gasteiger charge is 2.13. The Labute approximate surface area is 99.4 Å². The van der Waals surface area contributed by atoms with Gasteiger partial charge < -0.3 is 10.4 Å². The molecule has 0 atom stereocenters. The molecule has 0 spiro atoms. The van der Waals surface area contributed by atoms with Crippen molar-refractivity contribution in [2.75, 3.05) is 5.32 Å². The monoisotopic (exact) mass is 259 g/mol. The van der Waals surface area contributed by atoms with Gasteiger partial charge in [0.25, 0.3) is 0 Å². The van der Waals surface area contributed by atoms with Gasteiger partial charge in [-0.25, -0.2) is 4.98 Å². The largest absolute Gasteiger partial charge is 0.481 e. The van der Waals surface area contributed by atoms with Crippen LogP contribution in [0.2, 0.25) is 0 Å². The minimum absolute atomic E-state index is 0.0413. The zero-order valence-corrected chi connectivity index (χ0v) is 9.40. The van der Waals surface area contributed by atoms with E-state index in [2.05, 4.69) is 10.3 Å². The van der Waals surface area contributed by atoms with Crippen LogP contribution in [0.25, 0.3) is 0 Å². The highest BCUT2D eigenvalue weighted by Crippen LogP contribution is 2.24. The molecule has 0 aliphatic carbocycles. The first-order valence-electron chi connectivity index (χ1n) is 4.61. The topological polar surface area (TPSA) is 122 Å². The van der Waals surface area contributed by atoms with E-state index in [9.17, 15) is 19.7 Å². The number of aliphatic carboxylic acids is 1. The number of carboxylic acids is 1. The average molecular weight is 259 g/mol. The standard InChI is InChI=1S/C8H9N3O5S/c12-5(2-1-3-7(13)14)10-8-9-4-6(17-8)11(15)16/h4H,1-3H2,(H,13,14)(H,9,10,12). The van der Waals surface area contributed by atoms with Gasteiger partial charge in [-0.3, -0.25) is 19.7 Å². The van der Waals surface area contributed by atoms with Crippen LogP contribution < -0.4 is 5.32 Å². The number of nitro groups is 1. The molecular weight excluding hydrogens is 250 g/mol. The van der Waals surface area contributed by atoms with Gasteiger partial charge in [-0.1, -0.05) is 0 Å². The summed E-state index contributed by atoms with van der Waals surface area (Å²) in [6.07, 6.45) is 1.22. The molecule has 1 amide bonds. The number of anilines is 1. The molecule has 0 aliphatic heterocycles. The maximum Gasteiger partial charge on any atom is 0.345 e. The van der Waals surface area contributed by atoms with Crippen molar-refractivity contribution < 1.29 is 19.6 Å². The van der Waals surface area contributed by atoms with Crippen molar-refractivity contribution >= 4 is 33.3 Å². The minimum atomic E-state index is -0.970. The summed E-state index contributed by atoms with van der Waals surface area (Å²) < 4.78 is 0. The summed E-state index contributed by atoms with van der Waals surface area (Å²) in [5.41, 5.74) is 0. The lowest BCUT2D eigenvalue weighted by Crippen LogP contribution is -2.11. The maximum atomic E-state index is 11.3. The van der Waals surface area contributed by atoms with Gasteiger partial charge in [-0.2, -0.15) is 0 Å². The van der Waals surface area contributed by atoms with Crippen LogP contribution >= 0.6 is 11.3 Å². The first-order valence-corrected chi connectivity index (χ1v) is 5.42. The van der Waals surface area contributed by atoms with Crippen LogP contribution in [-0.2, 0) is 9.59 Å². The van der Waals surface area contributed by atoms with Crippen LogP contribution in [-0.4, -0.2) is 26.9 Å². The Morgan fingerprint density at radius 1 is 1.53 bits per heavy atom. The van der Waals surface area contributed by atoms with Crippen LogP contribution in [0.5, 0.6) is 0 Å². The molecule has 0 saturated heterocycles. The van der Waals surface area contributed by atoms with Crippen molar-refractivity contribution in [3.63, 3.8) is 0 Å². The first kappa shape index (κ1) is 13.0. The summed E-state index contributed by atoms with van der Waals surface area (Å²) in [5.74, 6) is -1.38. The normalized spacial score (nSPS) is 9.88. The molecule has 0 fully saturated rings. The predicted octanol–water partition coefficient (Wildman–Crippen LogP) is 1.24. The Kier molecular flexibility index (Phi) is 4.52. The van der Waals surface area contributed by atoms with Crippen LogP contribution in [0.3, 0.4) is 0 Å². The zero-order valence-electron chi connectivity index (χ0n) is 8.58. The Morgan fingerprint density at radius 2 is 2.24 bits per heavy atom. The lowest BCUT2D eigenvalue weighted by molar-refractivity contribution is -0.380. The molecule has 2 N–H and O–H groups in total. The van der Waals surface area contributed by atoms with E-state index in [4.69, 9.17) is 5.11 Å². The summed E-state index contributed by atoms with van der Waals surface area (Å²) in [5, 5.41) is 21.0. The van der Waals surface area contributed by atoms with Crippen molar-refractivity contribution in [1.29, 1.82) is 0 Å². The zero-order chi connectivity index (χ0) is 12.8. The summed E-state index contributed by atoms with van der Waals surface area (Å²) in [6.45, 7) is 0. The fourth-order valence-corrected chi connectivity index (χ4v) is 1.64. The number of rotatable bonds is 6. The van der Waals surface area contributed by atoms with Crippen LogP contribution in [0.15, 0.2) is 6.20 Å². The molecule has 0 bridgehead atoms. The van der Waals surface area contributed by atoms with E-state index in [1.807, 2.05) is 0 Å².